The van der Waals surface area contributed by atoms with Crippen molar-refractivity contribution in [2.24, 2.45) is 5.10 Å². The van der Waals surface area contributed by atoms with Crippen LogP contribution in [0.2, 0.25) is 5.02 Å². The number of benzene rings is 3. The van der Waals surface area contributed by atoms with Crippen LogP contribution in [-0.2, 0) is 14.8 Å². The minimum Gasteiger partial charge on any atom is -0.271 e. The smallest absolute Gasteiger partial charge is 0.264 e. The first-order chi connectivity index (χ1) is 14.8. The molecule has 3 rings (SSSR count). The Bertz CT molecular complexity index is 1190. The lowest BCUT2D eigenvalue weighted by Gasteiger charge is -2.24. The minimum atomic E-state index is -3.96. The molecule has 0 aromatic heterocycles. The minimum absolute atomic E-state index is 0.101. The summed E-state index contributed by atoms with van der Waals surface area (Å²) < 4.78 is 27.7. The van der Waals surface area contributed by atoms with E-state index in [0.29, 0.717) is 16.3 Å². The number of carbonyl (C=O) groups excluding carboxylic acids is 1. The van der Waals surface area contributed by atoms with Crippen molar-refractivity contribution in [3.8, 4) is 0 Å². The van der Waals surface area contributed by atoms with E-state index >= 15 is 0 Å². The number of carbonyl (C=O) groups is 1. The number of sulfonamides is 1. The van der Waals surface area contributed by atoms with Crippen LogP contribution >= 0.6 is 11.6 Å². The van der Waals surface area contributed by atoms with Crippen molar-refractivity contribution in [1.82, 2.24) is 5.43 Å². The molecule has 0 saturated carbocycles. The Morgan fingerprint density at radius 1 is 1.00 bits per heavy atom. The van der Waals surface area contributed by atoms with E-state index in [-0.39, 0.29) is 4.90 Å². The lowest BCUT2D eigenvalue weighted by molar-refractivity contribution is -0.119. The summed E-state index contributed by atoms with van der Waals surface area (Å²) in [6, 6.07) is 20.4. The Balaban J connectivity index is 1.87. The fourth-order valence-corrected chi connectivity index (χ4v) is 4.69. The molecule has 0 unspecified atom stereocenters. The molecule has 0 fully saturated rings. The largest absolute Gasteiger partial charge is 0.271 e. The summed E-state index contributed by atoms with van der Waals surface area (Å²) in [5.74, 6) is -0.572. The van der Waals surface area contributed by atoms with Crippen molar-refractivity contribution >= 4 is 39.4 Å². The molecule has 1 amide bonds. The molecule has 8 heteroatoms. The predicted octanol–water partition coefficient (Wildman–Crippen LogP) is 4.30. The third kappa shape index (κ3) is 5.93. The number of aryl methyl sites for hydroxylation is 2. The summed E-state index contributed by atoms with van der Waals surface area (Å²) in [5.41, 5.74) is 5.28. The van der Waals surface area contributed by atoms with Gasteiger partial charge >= 0.3 is 0 Å². The molecule has 0 bridgehead atoms. The maximum Gasteiger partial charge on any atom is 0.264 e. The van der Waals surface area contributed by atoms with Crippen molar-refractivity contribution in [1.29, 1.82) is 0 Å². The first-order valence-corrected chi connectivity index (χ1v) is 11.3. The second-order valence-electron chi connectivity index (χ2n) is 7.02. The first kappa shape index (κ1) is 22.5. The molecule has 1 N–H and O–H groups in total. The summed E-state index contributed by atoms with van der Waals surface area (Å²) in [4.78, 5) is 12.7. The second-order valence-corrected chi connectivity index (χ2v) is 9.32. The van der Waals surface area contributed by atoms with E-state index in [1.807, 2.05) is 19.9 Å². The van der Waals surface area contributed by atoms with Crippen molar-refractivity contribution in [2.45, 2.75) is 18.7 Å². The fraction of sp³-hybridized carbons (Fsp3) is 0.130. The van der Waals surface area contributed by atoms with Gasteiger partial charge in [0.1, 0.15) is 6.54 Å². The van der Waals surface area contributed by atoms with E-state index in [1.54, 1.807) is 54.6 Å². The maximum absolute atomic E-state index is 13.3. The van der Waals surface area contributed by atoms with Crippen molar-refractivity contribution in [3.05, 3.63) is 94.5 Å². The van der Waals surface area contributed by atoms with Crippen LogP contribution in [0.25, 0.3) is 0 Å². The van der Waals surface area contributed by atoms with Gasteiger partial charge in [-0.2, -0.15) is 5.10 Å². The monoisotopic (exact) mass is 455 g/mol. The third-order valence-corrected chi connectivity index (χ3v) is 6.39. The van der Waals surface area contributed by atoms with E-state index in [2.05, 4.69) is 10.5 Å². The average Bonchev–Trinajstić information content (AvgIpc) is 2.72. The number of rotatable bonds is 7. The quantitative estimate of drug-likeness (QED) is 0.426. The SMILES string of the molecule is Cc1cc(C)cc(N(CC(=O)N/N=C\c2cccc(Cl)c2)S(=O)(=O)c2ccccc2)c1. The molecule has 0 saturated heterocycles. The van der Waals surface area contributed by atoms with Crippen molar-refractivity contribution < 1.29 is 13.2 Å². The summed E-state index contributed by atoms with van der Waals surface area (Å²) >= 11 is 5.93. The highest BCUT2D eigenvalue weighted by molar-refractivity contribution is 7.92. The number of hydrazone groups is 1. The van der Waals surface area contributed by atoms with Gasteiger partial charge in [0.25, 0.3) is 15.9 Å². The molecule has 0 aliphatic heterocycles. The predicted molar refractivity (Wildman–Crippen MR) is 124 cm³/mol. The molecule has 0 spiro atoms. The Hall–Kier alpha value is -3.16. The van der Waals surface area contributed by atoms with Gasteiger partial charge in [0, 0.05) is 5.02 Å². The zero-order valence-electron chi connectivity index (χ0n) is 17.1. The van der Waals surface area contributed by atoms with E-state index < -0.39 is 22.5 Å². The van der Waals surface area contributed by atoms with Crippen LogP contribution in [0.15, 0.2) is 82.8 Å². The number of nitrogens with zero attached hydrogens (tertiary/aromatic N) is 2. The van der Waals surface area contributed by atoms with Gasteiger partial charge in [-0.05, 0) is 66.9 Å². The van der Waals surface area contributed by atoms with Crippen LogP contribution in [0.1, 0.15) is 16.7 Å². The highest BCUT2D eigenvalue weighted by atomic mass is 35.5. The van der Waals surface area contributed by atoms with E-state index in [9.17, 15) is 13.2 Å². The molecule has 0 aliphatic rings. The van der Waals surface area contributed by atoms with Gasteiger partial charge in [-0.25, -0.2) is 13.8 Å². The molecular formula is C23H22ClN3O3S. The number of hydrogen-bond acceptors (Lipinski definition) is 4. The lowest BCUT2D eigenvalue weighted by atomic mass is 10.1. The maximum atomic E-state index is 13.3. The van der Waals surface area contributed by atoms with Gasteiger partial charge in [0.2, 0.25) is 0 Å². The Morgan fingerprint density at radius 3 is 2.32 bits per heavy atom. The van der Waals surface area contributed by atoms with Crippen molar-refractivity contribution in [2.75, 3.05) is 10.8 Å². The number of hydrogen-bond donors (Lipinski definition) is 1. The molecule has 160 valence electrons. The zero-order valence-corrected chi connectivity index (χ0v) is 18.7. The lowest BCUT2D eigenvalue weighted by Crippen LogP contribution is -2.39. The fourth-order valence-electron chi connectivity index (χ4n) is 3.06. The van der Waals surface area contributed by atoms with Gasteiger partial charge in [0.05, 0.1) is 16.8 Å². The molecule has 0 aliphatic carbocycles. The summed E-state index contributed by atoms with van der Waals surface area (Å²) in [6.45, 7) is 3.32. The van der Waals surface area contributed by atoms with Gasteiger partial charge in [-0.15, -0.1) is 0 Å². The number of halogens is 1. The summed E-state index contributed by atoms with van der Waals surface area (Å²) in [6.07, 6.45) is 1.44. The number of nitrogens with one attached hydrogen (secondary N) is 1. The Kier molecular flexibility index (Phi) is 7.09. The van der Waals surface area contributed by atoms with E-state index in [4.69, 9.17) is 11.6 Å². The van der Waals surface area contributed by atoms with E-state index in [1.165, 1.54) is 18.3 Å². The topological polar surface area (TPSA) is 78.8 Å². The summed E-state index contributed by atoms with van der Waals surface area (Å²) in [7, 11) is -3.96. The van der Waals surface area contributed by atoms with Gasteiger partial charge in [-0.1, -0.05) is 48.0 Å². The van der Waals surface area contributed by atoms with Crippen LogP contribution in [0.4, 0.5) is 5.69 Å². The Morgan fingerprint density at radius 2 is 1.68 bits per heavy atom. The second kappa shape index (κ2) is 9.76. The van der Waals surface area contributed by atoms with Gasteiger partial charge < -0.3 is 0 Å². The van der Waals surface area contributed by atoms with Crippen LogP contribution in [0.5, 0.6) is 0 Å². The molecule has 6 nitrogen and oxygen atoms in total. The molecule has 0 atom stereocenters. The molecule has 3 aromatic rings. The zero-order chi connectivity index (χ0) is 22.4. The third-order valence-electron chi connectivity index (χ3n) is 4.36. The highest BCUT2D eigenvalue weighted by Gasteiger charge is 2.27. The van der Waals surface area contributed by atoms with E-state index in [0.717, 1.165) is 15.4 Å². The van der Waals surface area contributed by atoms with Gasteiger partial charge in [-0.3, -0.25) is 9.10 Å². The standard InChI is InChI=1S/C23H22ClN3O3S/c1-17-11-18(2)13-21(12-17)27(31(29,30)22-9-4-3-5-10-22)16-23(28)26-25-15-19-7-6-8-20(24)14-19/h3-15H,16H2,1-2H3,(H,26,28)/b25-15-. The first-order valence-electron chi connectivity index (χ1n) is 9.49. The van der Waals surface area contributed by atoms with Crippen LogP contribution in [0, 0.1) is 13.8 Å². The molecular weight excluding hydrogens is 434 g/mol. The van der Waals surface area contributed by atoms with Gasteiger partial charge in [0.15, 0.2) is 0 Å². The molecule has 0 radical (unpaired) electrons. The molecule has 0 heterocycles. The molecule has 31 heavy (non-hydrogen) atoms. The van der Waals surface area contributed by atoms with Crippen LogP contribution in [0.3, 0.4) is 0 Å². The molecule has 3 aromatic carbocycles. The highest BCUT2D eigenvalue weighted by Crippen LogP contribution is 2.25. The summed E-state index contributed by atoms with van der Waals surface area (Å²) in [5, 5.41) is 4.46. The normalized spacial score (nSPS) is 11.5. The number of amides is 1. The Labute approximate surface area is 187 Å². The number of anilines is 1. The average molecular weight is 456 g/mol. The van der Waals surface area contributed by atoms with Crippen LogP contribution in [-0.4, -0.2) is 27.1 Å². The van der Waals surface area contributed by atoms with Crippen molar-refractivity contribution in [3.63, 3.8) is 0 Å². The van der Waals surface area contributed by atoms with Crippen LogP contribution < -0.4 is 9.73 Å².